The first-order valence-corrected chi connectivity index (χ1v) is 11.8. The van der Waals surface area contributed by atoms with Gasteiger partial charge in [-0.15, -0.1) is 15.0 Å². The fraction of sp³-hybridized carbons (Fsp3) is 0.296. The minimum atomic E-state index is -0.598. The van der Waals surface area contributed by atoms with Crippen molar-refractivity contribution in [2.75, 3.05) is 0 Å². The van der Waals surface area contributed by atoms with Gasteiger partial charge in [0.1, 0.15) is 16.7 Å². The molecule has 8 heteroatoms. The second-order valence-corrected chi connectivity index (χ2v) is 8.75. The number of carbonyl (C=O) groups is 1. The number of non-ortho nitro benzene ring substituents is 1. The number of rotatable bonds is 8. The Bertz CT molecular complexity index is 1340. The molecule has 0 radical (unpaired) electrons. The van der Waals surface area contributed by atoms with E-state index in [0.29, 0.717) is 17.4 Å². The van der Waals surface area contributed by atoms with Crippen molar-refractivity contribution in [1.29, 1.82) is 0 Å². The Hall–Kier alpha value is -4.07. The zero-order chi connectivity index (χ0) is 25.1. The second kappa shape index (κ2) is 10.0. The van der Waals surface area contributed by atoms with Crippen LogP contribution in [-0.2, 0) is 0 Å². The number of hydrogen-bond acceptors (Lipinski definition) is 6. The highest BCUT2D eigenvalue weighted by molar-refractivity contribution is 5.92. The molecule has 0 saturated heterocycles. The number of esters is 1. The van der Waals surface area contributed by atoms with Gasteiger partial charge in [-0.3, -0.25) is 10.1 Å². The number of nitrogens with zero attached hydrogens (tertiary/aromatic N) is 4. The largest absolute Gasteiger partial charge is 0.420 e. The molecule has 0 fully saturated rings. The normalized spacial score (nSPS) is 12.9. The average Bonchev–Trinajstić information content (AvgIpc) is 3.32. The number of hydrogen-bond donors (Lipinski definition) is 0. The van der Waals surface area contributed by atoms with E-state index in [1.807, 2.05) is 30.3 Å². The van der Waals surface area contributed by atoms with Crippen LogP contribution < -0.4 is 4.74 Å². The van der Waals surface area contributed by atoms with Crippen LogP contribution in [0.5, 0.6) is 5.75 Å². The standard InChI is InChI=1S/C27H28N4O4/c1-5-17(3)20-15-22(18(4)6-2)26(35-27(32)19-11-13-21(14-12-19)31(33)34)25(16-20)30-28-23-9-7-8-10-24(23)29-30/h7-18H,5-6H2,1-4H3. The summed E-state index contributed by atoms with van der Waals surface area (Å²) in [6.45, 7) is 8.48. The molecule has 0 saturated carbocycles. The van der Waals surface area contributed by atoms with Gasteiger partial charge in [-0.25, -0.2) is 4.79 Å². The smallest absolute Gasteiger partial charge is 0.343 e. The summed E-state index contributed by atoms with van der Waals surface area (Å²) in [6.07, 6.45) is 1.80. The van der Waals surface area contributed by atoms with Crippen LogP contribution in [0.4, 0.5) is 5.69 Å². The lowest BCUT2D eigenvalue weighted by Gasteiger charge is -2.21. The molecule has 180 valence electrons. The lowest BCUT2D eigenvalue weighted by atomic mass is 9.90. The van der Waals surface area contributed by atoms with Crippen molar-refractivity contribution in [2.24, 2.45) is 0 Å². The molecule has 0 aliphatic heterocycles. The first-order chi connectivity index (χ1) is 16.8. The van der Waals surface area contributed by atoms with Gasteiger partial charge in [0.15, 0.2) is 5.75 Å². The van der Waals surface area contributed by atoms with E-state index in [2.05, 4.69) is 44.0 Å². The van der Waals surface area contributed by atoms with Crippen LogP contribution in [-0.4, -0.2) is 25.9 Å². The number of ether oxygens (including phenoxy) is 1. The van der Waals surface area contributed by atoms with E-state index in [1.54, 1.807) is 0 Å². The molecule has 8 nitrogen and oxygen atoms in total. The van der Waals surface area contributed by atoms with Gasteiger partial charge in [0, 0.05) is 17.7 Å². The zero-order valence-electron chi connectivity index (χ0n) is 20.3. The van der Waals surface area contributed by atoms with Crippen LogP contribution in [0.1, 0.15) is 73.9 Å². The predicted octanol–water partition coefficient (Wildman–Crippen LogP) is 6.57. The molecule has 4 aromatic rings. The van der Waals surface area contributed by atoms with Gasteiger partial charge < -0.3 is 4.74 Å². The maximum atomic E-state index is 13.1. The van der Waals surface area contributed by atoms with Gasteiger partial charge in [0.25, 0.3) is 5.69 Å². The third-order valence-corrected chi connectivity index (χ3v) is 6.46. The average molecular weight is 473 g/mol. The van der Waals surface area contributed by atoms with Crippen LogP contribution >= 0.6 is 0 Å². The maximum Gasteiger partial charge on any atom is 0.343 e. The molecule has 35 heavy (non-hydrogen) atoms. The second-order valence-electron chi connectivity index (χ2n) is 8.75. The quantitative estimate of drug-likeness (QED) is 0.124. The number of carbonyl (C=O) groups excluding carboxylic acids is 1. The third-order valence-electron chi connectivity index (χ3n) is 6.46. The summed E-state index contributed by atoms with van der Waals surface area (Å²) in [5.74, 6) is 0.206. The summed E-state index contributed by atoms with van der Waals surface area (Å²) in [7, 11) is 0. The van der Waals surface area contributed by atoms with Gasteiger partial charge in [-0.1, -0.05) is 45.9 Å². The zero-order valence-corrected chi connectivity index (χ0v) is 20.3. The van der Waals surface area contributed by atoms with Gasteiger partial charge in [0.2, 0.25) is 0 Å². The maximum absolute atomic E-state index is 13.1. The molecule has 2 atom stereocenters. The van der Waals surface area contributed by atoms with Crippen molar-refractivity contribution >= 4 is 22.7 Å². The van der Waals surface area contributed by atoms with E-state index in [9.17, 15) is 14.9 Å². The van der Waals surface area contributed by atoms with E-state index in [-0.39, 0.29) is 17.2 Å². The minimum Gasteiger partial charge on any atom is -0.420 e. The summed E-state index contributed by atoms with van der Waals surface area (Å²) in [5.41, 5.74) is 4.21. The molecule has 3 aromatic carbocycles. The Labute approximate surface area is 203 Å². The molecule has 0 spiro atoms. The Kier molecular flexibility index (Phi) is 6.91. The van der Waals surface area contributed by atoms with Crippen molar-refractivity contribution in [3.8, 4) is 11.4 Å². The SMILES string of the molecule is CCC(C)c1cc(C(C)CC)c(OC(=O)c2ccc([N+](=O)[O-])cc2)c(-n2nc3ccccc3n2)c1. The number of nitro benzene ring substituents is 1. The molecule has 4 rings (SSSR count). The van der Waals surface area contributed by atoms with E-state index in [4.69, 9.17) is 4.74 Å². The van der Waals surface area contributed by atoms with Crippen molar-refractivity contribution < 1.29 is 14.5 Å². The molecule has 0 aliphatic rings. The highest BCUT2D eigenvalue weighted by atomic mass is 16.6. The summed E-state index contributed by atoms with van der Waals surface area (Å²) in [4.78, 5) is 25.2. The van der Waals surface area contributed by atoms with Crippen LogP contribution in [0.15, 0.2) is 60.7 Å². The van der Waals surface area contributed by atoms with Crippen molar-refractivity contribution in [3.63, 3.8) is 0 Å². The monoisotopic (exact) mass is 472 g/mol. The number of aromatic nitrogens is 3. The van der Waals surface area contributed by atoms with E-state index < -0.39 is 10.9 Å². The van der Waals surface area contributed by atoms with Crippen LogP contribution in [0, 0.1) is 10.1 Å². The number of fused-ring (bicyclic) bond motifs is 1. The van der Waals surface area contributed by atoms with E-state index in [1.165, 1.54) is 29.1 Å². The summed E-state index contributed by atoms with van der Waals surface area (Å²) < 4.78 is 6.00. The van der Waals surface area contributed by atoms with Crippen molar-refractivity contribution in [3.05, 3.63) is 87.5 Å². The third kappa shape index (κ3) is 4.91. The van der Waals surface area contributed by atoms with Gasteiger partial charge in [-0.2, -0.15) is 0 Å². The van der Waals surface area contributed by atoms with Crippen LogP contribution in [0.3, 0.4) is 0 Å². The molecule has 0 amide bonds. The highest BCUT2D eigenvalue weighted by Gasteiger charge is 2.24. The summed E-state index contributed by atoms with van der Waals surface area (Å²) >= 11 is 0. The number of nitro groups is 1. The molecule has 0 aliphatic carbocycles. The van der Waals surface area contributed by atoms with Crippen molar-refractivity contribution in [2.45, 2.75) is 52.4 Å². The van der Waals surface area contributed by atoms with Crippen molar-refractivity contribution in [1.82, 2.24) is 15.0 Å². The van der Waals surface area contributed by atoms with E-state index in [0.717, 1.165) is 35.0 Å². The Morgan fingerprint density at radius 1 is 0.971 bits per heavy atom. The fourth-order valence-electron chi connectivity index (χ4n) is 3.86. The predicted molar refractivity (Wildman–Crippen MR) is 134 cm³/mol. The van der Waals surface area contributed by atoms with Gasteiger partial charge in [-0.05, 0) is 60.6 Å². The molecule has 1 heterocycles. The molecule has 2 unspecified atom stereocenters. The fourth-order valence-corrected chi connectivity index (χ4v) is 3.86. The minimum absolute atomic E-state index is 0.0899. The van der Waals surface area contributed by atoms with Crippen LogP contribution in [0.25, 0.3) is 16.7 Å². The van der Waals surface area contributed by atoms with Gasteiger partial charge >= 0.3 is 5.97 Å². The summed E-state index contributed by atoms with van der Waals surface area (Å²) in [5, 5.41) is 20.3. The highest BCUT2D eigenvalue weighted by Crippen LogP contribution is 2.38. The topological polar surface area (TPSA) is 100 Å². The lowest BCUT2D eigenvalue weighted by Crippen LogP contribution is -2.15. The molecule has 0 N–H and O–H groups in total. The van der Waals surface area contributed by atoms with Gasteiger partial charge in [0.05, 0.1) is 10.5 Å². The molecular formula is C27H28N4O4. The Balaban J connectivity index is 1.87. The lowest BCUT2D eigenvalue weighted by molar-refractivity contribution is -0.384. The number of benzene rings is 3. The van der Waals surface area contributed by atoms with Crippen LogP contribution in [0.2, 0.25) is 0 Å². The molecule has 0 bridgehead atoms. The Morgan fingerprint density at radius 3 is 2.11 bits per heavy atom. The molecule has 1 aromatic heterocycles. The summed E-state index contributed by atoms with van der Waals surface area (Å²) in [6, 6.07) is 17.0. The Morgan fingerprint density at radius 2 is 1.57 bits per heavy atom. The first kappa shape index (κ1) is 24.1. The molecular weight excluding hydrogens is 444 g/mol. The van der Waals surface area contributed by atoms with E-state index >= 15 is 0 Å². The first-order valence-electron chi connectivity index (χ1n) is 11.8.